The summed E-state index contributed by atoms with van der Waals surface area (Å²) in [7, 11) is 0. The lowest BCUT2D eigenvalue weighted by Gasteiger charge is -2.28. The minimum atomic E-state index is -1.75. The van der Waals surface area contributed by atoms with E-state index in [9.17, 15) is 14.7 Å². The standard InChI is InChI=1S/C32H27BrN2O4/c1-20(7-2-3-16-36)32(39)26-18-23(33)14-15-27(26)34(31(32)38)19-21-8-4-11-24(17-21)35-28-13-6-10-22-9-5-12-25(29(22)28)30(35)37/h2,4-15,17-18,20,36,39H,3,16,19H2,1H3/b7-2+/t20-,32+/m0/s1. The molecule has 0 spiro atoms. The average Bonchev–Trinajstić information content (AvgIpc) is 3.34. The maximum Gasteiger partial charge on any atom is 0.264 e. The van der Waals surface area contributed by atoms with Crippen LogP contribution < -0.4 is 9.80 Å². The fourth-order valence-electron chi connectivity index (χ4n) is 5.74. The van der Waals surface area contributed by atoms with E-state index in [0.717, 1.165) is 32.2 Å². The summed E-state index contributed by atoms with van der Waals surface area (Å²) in [6, 6.07) is 24.8. The predicted octanol–water partition coefficient (Wildman–Crippen LogP) is 6.20. The summed E-state index contributed by atoms with van der Waals surface area (Å²) in [5.74, 6) is -0.997. The zero-order valence-corrected chi connectivity index (χ0v) is 22.9. The van der Waals surface area contributed by atoms with Crippen LogP contribution in [0.1, 0.15) is 34.8 Å². The molecule has 4 aromatic carbocycles. The summed E-state index contributed by atoms with van der Waals surface area (Å²) < 4.78 is 0.768. The fraction of sp³-hybridized carbons (Fsp3) is 0.188. The SMILES string of the molecule is C[C@@H](/C=C/CCO)[C@]1(O)C(=O)N(Cc2cccc(N3C(=O)c4cccc5cccc3c45)c2)c2ccc(Br)cc21. The number of aliphatic hydroxyl groups is 2. The van der Waals surface area contributed by atoms with E-state index in [2.05, 4.69) is 15.9 Å². The Morgan fingerprint density at radius 3 is 2.54 bits per heavy atom. The quantitative estimate of drug-likeness (QED) is 0.254. The molecule has 6 rings (SSSR count). The molecule has 0 bridgehead atoms. The number of anilines is 3. The summed E-state index contributed by atoms with van der Waals surface area (Å²) in [5.41, 5.74) is 2.51. The fourth-order valence-corrected chi connectivity index (χ4v) is 6.10. The van der Waals surface area contributed by atoms with Crippen LogP contribution in [0.25, 0.3) is 10.8 Å². The Labute approximate surface area is 234 Å². The van der Waals surface area contributed by atoms with Gasteiger partial charge >= 0.3 is 0 Å². The van der Waals surface area contributed by atoms with E-state index >= 15 is 0 Å². The van der Waals surface area contributed by atoms with Crippen molar-refractivity contribution < 1.29 is 19.8 Å². The Kier molecular flexibility index (Phi) is 6.38. The van der Waals surface area contributed by atoms with Gasteiger partial charge < -0.3 is 15.1 Å². The second kappa shape index (κ2) is 9.75. The second-order valence-corrected chi connectivity index (χ2v) is 11.0. The minimum absolute atomic E-state index is 0.000694. The molecule has 2 aliphatic heterocycles. The highest BCUT2D eigenvalue weighted by molar-refractivity contribution is 9.10. The maximum absolute atomic E-state index is 13.9. The van der Waals surface area contributed by atoms with Crippen LogP contribution in [0, 0.1) is 5.92 Å². The van der Waals surface area contributed by atoms with Gasteiger partial charge in [-0.15, -0.1) is 0 Å². The molecular formula is C32H27BrN2O4. The molecule has 2 heterocycles. The number of hydrogen-bond acceptors (Lipinski definition) is 4. The van der Waals surface area contributed by atoms with E-state index in [1.54, 1.807) is 34.9 Å². The molecule has 39 heavy (non-hydrogen) atoms. The van der Waals surface area contributed by atoms with Crippen molar-refractivity contribution in [2.24, 2.45) is 5.92 Å². The molecular weight excluding hydrogens is 556 g/mol. The van der Waals surface area contributed by atoms with Crippen LogP contribution in [0.5, 0.6) is 0 Å². The smallest absolute Gasteiger partial charge is 0.264 e. The monoisotopic (exact) mass is 582 g/mol. The van der Waals surface area contributed by atoms with E-state index in [1.807, 2.05) is 72.8 Å². The molecule has 0 saturated heterocycles. The first-order valence-corrected chi connectivity index (χ1v) is 13.7. The molecule has 0 fully saturated rings. The van der Waals surface area contributed by atoms with Crippen LogP contribution in [0.15, 0.2) is 95.5 Å². The molecule has 7 heteroatoms. The van der Waals surface area contributed by atoms with Gasteiger partial charge in [-0.3, -0.25) is 14.5 Å². The van der Waals surface area contributed by atoms with Crippen molar-refractivity contribution in [1.29, 1.82) is 0 Å². The van der Waals surface area contributed by atoms with Gasteiger partial charge in [0.05, 0.1) is 23.5 Å². The normalized spacial score (nSPS) is 19.0. The zero-order chi connectivity index (χ0) is 27.3. The number of rotatable bonds is 7. The van der Waals surface area contributed by atoms with Gasteiger partial charge in [0.15, 0.2) is 5.60 Å². The number of halogens is 1. The van der Waals surface area contributed by atoms with Crippen molar-refractivity contribution in [2.75, 3.05) is 16.4 Å². The van der Waals surface area contributed by atoms with Crippen molar-refractivity contribution in [1.82, 2.24) is 0 Å². The third-order valence-electron chi connectivity index (χ3n) is 7.68. The number of carbonyl (C=O) groups is 2. The van der Waals surface area contributed by atoms with Gasteiger partial charge in [0.1, 0.15) is 0 Å². The van der Waals surface area contributed by atoms with Crippen LogP contribution in [-0.4, -0.2) is 28.6 Å². The summed E-state index contributed by atoms with van der Waals surface area (Å²) in [5, 5.41) is 22.9. The molecule has 0 aromatic heterocycles. The third-order valence-corrected chi connectivity index (χ3v) is 8.17. The predicted molar refractivity (Wildman–Crippen MR) is 156 cm³/mol. The van der Waals surface area contributed by atoms with E-state index in [0.29, 0.717) is 23.2 Å². The number of carbonyl (C=O) groups excluding carboxylic acids is 2. The number of amides is 2. The van der Waals surface area contributed by atoms with E-state index < -0.39 is 17.4 Å². The first-order chi connectivity index (χ1) is 18.8. The first kappa shape index (κ1) is 25.5. The average molecular weight is 583 g/mol. The highest BCUT2D eigenvalue weighted by Gasteiger charge is 2.52. The maximum atomic E-state index is 13.9. The second-order valence-electron chi connectivity index (χ2n) is 10.0. The topological polar surface area (TPSA) is 81.1 Å². The van der Waals surface area contributed by atoms with Crippen molar-refractivity contribution >= 4 is 55.6 Å². The molecule has 4 aromatic rings. The van der Waals surface area contributed by atoms with Crippen LogP contribution in [0.3, 0.4) is 0 Å². The van der Waals surface area contributed by atoms with Crippen molar-refractivity contribution in [3.63, 3.8) is 0 Å². The van der Waals surface area contributed by atoms with Crippen LogP contribution in [-0.2, 0) is 16.9 Å². The van der Waals surface area contributed by atoms with E-state index in [-0.39, 0.29) is 19.1 Å². The molecule has 2 aliphatic rings. The number of fused-ring (bicyclic) bond motifs is 1. The summed E-state index contributed by atoms with van der Waals surface area (Å²) >= 11 is 3.48. The number of nitrogens with zero attached hydrogens (tertiary/aromatic N) is 2. The zero-order valence-electron chi connectivity index (χ0n) is 21.3. The van der Waals surface area contributed by atoms with Gasteiger partial charge in [-0.05, 0) is 59.8 Å². The van der Waals surface area contributed by atoms with Crippen molar-refractivity contribution in [3.8, 4) is 0 Å². The Morgan fingerprint density at radius 1 is 0.974 bits per heavy atom. The third kappa shape index (κ3) is 4.00. The Bertz CT molecular complexity index is 1660. The van der Waals surface area contributed by atoms with Gasteiger partial charge in [0, 0.05) is 33.6 Å². The van der Waals surface area contributed by atoms with E-state index in [1.165, 1.54) is 0 Å². The lowest BCUT2D eigenvalue weighted by atomic mass is 9.83. The van der Waals surface area contributed by atoms with Gasteiger partial charge in [-0.25, -0.2) is 0 Å². The van der Waals surface area contributed by atoms with Gasteiger partial charge in [0.25, 0.3) is 11.8 Å². The largest absolute Gasteiger partial charge is 0.396 e. The Morgan fingerprint density at radius 2 is 1.74 bits per heavy atom. The summed E-state index contributed by atoms with van der Waals surface area (Å²) in [6.07, 6.45) is 4.01. The van der Waals surface area contributed by atoms with Gasteiger partial charge in [-0.1, -0.05) is 71.4 Å². The highest BCUT2D eigenvalue weighted by Crippen LogP contribution is 2.47. The molecule has 0 saturated carbocycles. The van der Waals surface area contributed by atoms with E-state index in [4.69, 9.17) is 5.11 Å². The molecule has 2 N–H and O–H groups in total. The molecule has 6 nitrogen and oxygen atoms in total. The number of aliphatic hydroxyl groups excluding tert-OH is 1. The Balaban J connectivity index is 1.36. The molecule has 196 valence electrons. The van der Waals surface area contributed by atoms with Gasteiger partial charge in [-0.2, -0.15) is 0 Å². The molecule has 2 amide bonds. The molecule has 0 radical (unpaired) electrons. The van der Waals surface area contributed by atoms with Crippen LogP contribution in [0.2, 0.25) is 0 Å². The lowest BCUT2D eigenvalue weighted by Crippen LogP contribution is -2.44. The van der Waals surface area contributed by atoms with Crippen LogP contribution in [0.4, 0.5) is 17.1 Å². The Hall–Kier alpha value is -3.78. The van der Waals surface area contributed by atoms with Crippen molar-refractivity contribution in [2.45, 2.75) is 25.5 Å². The number of benzene rings is 4. The van der Waals surface area contributed by atoms with Crippen LogP contribution >= 0.6 is 15.9 Å². The molecule has 0 aliphatic carbocycles. The lowest BCUT2D eigenvalue weighted by molar-refractivity contribution is -0.139. The highest BCUT2D eigenvalue weighted by atomic mass is 79.9. The summed E-state index contributed by atoms with van der Waals surface area (Å²) in [6.45, 7) is 2.03. The first-order valence-electron chi connectivity index (χ1n) is 12.9. The molecule has 0 unspecified atom stereocenters. The number of hydrogen-bond donors (Lipinski definition) is 2. The molecule has 2 atom stereocenters. The van der Waals surface area contributed by atoms with Crippen molar-refractivity contribution in [3.05, 3.63) is 112 Å². The minimum Gasteiger partial charge on any atom is -0.396 e. The summed E-state index contributed by atoms with van der Waals surface area (Å²) in [4.78, 5) is 30.6. The van der Waals surface area contributed by atoms with Gasteiger partial charge in [0.2, 0.25) is 0 Å².